The van der Waals surface area contributed by atoms with Crippen LogP contribution in [0.2, 0.25) is 0 Å². The zero-order chi connectivity index (χ0) is 11.5. The minimum atomic E-state index is 0.139. The Morgan fingerprint density at radius 2 is 2.12 bits per heavy atom. The number of benzene rings is 1. The van der Waals surface area contributed by atoms with Crippen LogP contribution in [-0.2, 0) is 0 Å². The highest BCUT2D eigenvalue weighted by Gasteiger charge is 2.14. The van der Waals surface area contributed by atoms with Gasteiger partial charge in [0.05, 0.1) is 0 Å². The largest absolute Gasteiger partial charge is 0.398 e. The van der Waals surface area contributed by atoms with Gasteiger partial charge in [0.1, 0.15) is 0 Å². The molecule has 0 fully saturated rings. The molecular formula is C13H14BrNO. The number of rotatable bonds is 2. The van der Waals surface area contributed by atoms with Crippen molar-refractivity contribution in [3.8, 4) is 0 Å². The van der Waals surface area contributed by atoms with Crippen molar-refractivity contribution in [2.45, 2.75) is 25.7 Å². The minimum Gasteiger partial charge on any atom is -0.398 e. The second kappa shape index (κ2) is 4.83. The SMILES string of the molecule is Nc1ccc(C(=O)C2=CCCCC2)cc1Br. The normalized spacial score (nSPS) is 15.7. The molecule has 0 saturated carbocycles. The predicted octanol–water partition coefficient (Wildman–Crippen LogP) is 3.71. The van der Waals surface area contributed by atoms with Gasteiger partial charge in [-0.3, -0.25) is 4.79 Å². The fraction of sp³-hybridized carbons (Fsp3) is 0.308. The van der Waals surface area contributed by atoms with Crippen LogP contribution in [0.4, 0.5) is 5.69 Å². The van der Waals surface area contributed by atoms with Crippen LogP contribution in [0.25, 0.3) is 0 Å². The molecule has 0 aromatic heterocycles. The van der Waals surface area contributed by atoms with Gasteiger partial charge >= 0.3 is 0 Å². The molecule has 16 heavy (non-hydrogen) atoms. The number of anilines is 1. The average molecular weight is 280 g/mol. The number of hydrogen-bond acceptors (Lipinski definition) is 2. The summed E-state index contributed by atoms with van der Waals surface area (Å²) in [7, 11) is 0. The minimum absolute atomic E-state index is 0.139. The van der Waals surface area contributed by atoms with Crippen LogP contribution < -0.4 is 5.73 Å². The zero-order valence-electron chi connectivity index (χ0n) is 9.00. The van der Waals surface area contributed by atoms with E-state index < -0.39 is 0 Å². The number of Topliss-reactive ketones (excluding diaryl/α,β-unsaturated/α-hetero) is 1. The Hall–Kier alpha value is -1.09. The molecule has 2 rings (SSSR count). The highest BCUT2D eigenvalue weighted by atomic mass is 79.9. The Bertz CT molecular complexity index is 451. The third kappa shape index (κ3) is 2.35. The lowest BCUT2D eigenvalue weighted by Crippen LogP contribution is -2.06. The number of nitrogens with two attached hydrogens (primary N) is 1. The summed E-state index contributed by atoms with van der Waals surface area (Å²) in [5.41, 5.74) is 8.02. The van der Waals surface area contributed by atoms with E-state index in [1.165, 1.54) is 6.42 Å². The summed E-state index contributed by atoms with van der Waals surface area (Å²) in [6.45, 7) is 0. The standard InChI is InChI=1S/C13H14BrNO/c14-11-8-10(6-7-12(11)15)13(16)9-4-2-1-3-5-9/h4,6-8H,1-3,5,15H2. The lowest BCUT2D eigenvalue weighted by Gasteiger charge is -2.11. The molecule has 3 heteroatoms. The van der Waals surface area contributed by atoms with Crippen molar-refractivity contribution < 1.29 is 4.79 Å². The van der Waals surface area contributed by atoms with Crippen LogP contribution >= 0.6 is 15.9 Å². The second-order valence-corrected chi connectivity index (χ2v) is 4.89. The molecule has 1 aromatic rings. The van der Waals surface area contributed by atoms with E-state index in [0.717, 1.165) is 29.3 Å². The molecule has 84 valence electrons. The van der Waals surface area contributed by atoms with Gasteiger partial charge in [-0.15, -0.1) is 0 Å². The van der Waals surface area contributed by atoms with E-state index in [4.69, 9.17) is 5.73 Å². The maximum atomic E-state index is 12.1. The van der Waals surface area contributed by atoms with Gasteiger partial charge in [-0.25, -0.2) is 0 Å². The monoisotopic (exact) mass is 279 g/mol. The Kier molecular flexibility index (Phi) is 3.44. The fourth-order valence-corrected chi connectivity index (χ4v) is 2.28. The van der Waals surface area contributed by atoms with Crippen molar-refractivity contribution in [1.29, 1.82) is 0 Å². The lowest BCUT2D eigenvalue weighted by atomic mass is 9.93. The number of ketones is 1. The highest BCUT2D eigenvalue weighted by Crippen LogP contribution is 2.25. The van der Waals surface area contributed by atoms with Crippen LogP contribution in [0.5, 0.6) is 0 Å². The summed E-state index contributed by atoms with van der Waals surface area (Å²) >= 11 is 3.34. The van der Waals surface area contributed by atoms with Crippen molar-refractivity contribution >= 4 is 27.4 Å². The molecule has 0 aliphatic heterocycles. The predicted molar refractivity (Wildman–Crippen MR) is 69.4 cm³/mol. The summed E-state index contributed by atoms with van der Waals surface area (Å²) in [6, 6.07) is 5.35. The van der Waals surface area contributed by atoms with E-state index in [2.05, 4.69) is 22.0 Å². The summed E-state index contributed by atoms with van der Waals surface area (Å²) in [6.07, 6.45) is 6.31. The van der Waals surface area contributed by atoms with E-state index in [1.54, 1.807) is 18.2 Å². The molecule has 0 amide bonds. The zero-order valence-corrected chi connectivity index (χ0v) is 10.6. The van der Waals surface area contributed by atoms with Crippen molar-refractivity contribution in [1.82, 2.24) is 0 Å². The number of nitrogen functional groups attached to an aromatic ring is 1. The molecule has 1 aliphatic carbocycles. The fourth-order valence-electron chi connectivity index (χ4n) is 1.90. The lowest BCUT2D eigenvalue weighted by molar-refractivity contribution is 0.102. The molecule has 2 N–H and O–H groups in total. The Labute approximate surface area is 104 Å². The van der Waals surface area contributed by atoms with Gasteiger partial charge in [0.25, 0.3) is 0 Å². The first-order valence-corrected chi connectivity index (χ1v) is 6.26. The highest BCUT2D eigenvalue weighted by molar-refractivity contribution is 9.10. The summed E-state index contributed by atoms with van der Waals surface area (Å²) in [4.78, 5) is 12.1. The molecule has 0 unspecified atom stereocenters. The van der Waals surface area contributed by atoms with Crippen molar-refractivity contribution in [3.05, 3.63) is 39.9 Å². The molecular weight excluding hydrogens is 266 g/mol. The summed E-state index contributed by atoms with van der Waals surface area (Å²) in [5.74, 6) is 0.139. The van der Waals surface area contributed by atoms with E-state index in [0.29, 0.717) is 11.3 Å². The number of carbonyl (C=O) groups excluding carboxylic acids is 1. The first kappa shape index (κ1) is 11.4. The van der Waals surface area contributed by atoms with Gasteiger partial charge < -0.3 is 5.73 Å². The Morgan fingerprint density at radius 1 is 1.31 bits per heavy atom. The number of hydrogen-bond donors (Lipinski definition) is 1. The van der Waals surface area contributed by atoms with E-state index >= 15 is 0 Å². The molecule has 0 heterocycles. The van der Waals surface area contributed by atoms with Crippen LogP contribution in [0, 0.1) is 0 Å². The van der Waals surface area contributed by atoms with Crippen LogP contribution in [-0.4, -0.2) is 5.78 Å². The number of carbonyl (C=O) groups is 1. The van der Waals surface area contributed by atoms with Gasteiger partial charge in [-0.2, -0.15) is 0 Å². The van der Waals surface area contributed by atoms with Gasteiger partial charge in [0, 0.05) is 15.7 Å². The maximum absolute atomic E-state index is 12.1. The maximum Gasteiger partial charge on any atom is 0.188 e. The molecule has 2 nitrogen and oxygen atoms in total. The van der Waals surface area contributed by atoms with Crippen molar-refractivity contribution in [3.63, 3.8) is 0 Å². The molecule has 0 atom stereocenters. The van der Waals surface area contributed by atoms with Gasteiger partial charge in [-0.1, -0.05) is 6.08 Å². The van der Waals surface area contributed by atoms with E-state index in [9.17, 15) is 4.79 Å². The quantitative estimate of drug-likeness (QED) is 0.662. The number of allylic oxidation sites excluding steroid dienone is 2. The average Bonchev–Trinajstić information content (AvgIpc) is 2.33. The first-order valence-electron chi connectivity index (χ1n) is 5.47. The molecule has 1 aromatic carbocycles. The molecule has 0 bridgehead atoms. The third-order valence-electron chi connectivity index (χ3n) is 2.85. The van der Waals surface area contributed by atoms with Crippen molar-refractivity contribution in [2.75, 3.05) is 5.73 Å². The van der Waals surface area contributed by atoms with Crippen LogP contribution in [0.1, 0.15) is 36.0 Å². The first-order chi connectivity index (χ1) is 7.68. The summed E-state index contributed by atoms with van der Waals surface area (Å²) < 4.78 is 0.787. The molecule has 0 saturated heterocycles. The number of halogens is 1. The van der Waals surface area contributed by atoms with Gasteiger partial charge in [-0.05, 0) is 65.4 Å². The topological polar surface area (TPSA) is 43.1 Å². The van der Waals surface area contributed by atoms with E-state index in [-0.39, 0.29) is 5.78 Å². The smallest absolute Gasteiger partial charge is 0.188 e. The Morgan fingerprint density at radius 3 is 2.75 bits per heavy atom. The van der Waals surface area contributed by atoms with E-state index in [1.807, 2.05) is 0 Å². The molecule has 0 spiro atoms. The van der Waals surface area contributed by atoms with Crippen LogP contribution in [0.15, 0.2) is 34.3 Å². The van der Waals surface area contributed by atoms with Gasteiger partial charge in [0.15, 0.2) is 5.78 Å². The van der Waals surface area contributed by atoms with Crippen LogP contribution in [0.3, 0.4) is 0 Å². The molecule has 1 aliphatic rings. The second-order valence-electron chi connectivity index (χ2n) is 4.04. The summed E-state index contributed by atoms with van der Waals surface area (Å²) in [5, 5.41) is 0. The van der Waals surface area contributed by atoms with Crippen molar-refractivity contribution in [2.24, 2.45) is 0 Å². The molecule has 0 radical (unpaired) electrons. The Balaban J connectivity index is 2.26. The third-order valence-corrected chi connectivity index (χ3v) is 3.53. The van der Waals surface area contributed by atoms with Gasteiger partial charge in [0.2, 0.25) is 0 Å².